The Morgan fingerprint density at radius 3 is 2.06 bits per heavy atom. The van der Waals surface area contributed by atoms with Crippen molar-refractivity contribution in [3.8, 4) is 11.5 Å². The van der Waals surface area contributed by atoms with Crippen molar-refractivity contribution in [3.05, 3.63) is 58.9 Å². The molecule has 2 aromatic rings. The summed E-state index contributed by atoms with van der Waals surface area (Å²) in [5.41, 5.74) is 1.43. The third-order valence-electron chi connectivity index (χ3n) is 7.49. The summed E-state index contributed by atoms with van der Waals surface area (Å²) in [6.45, 7) is 0.359. The molecule has 33 heavy (non-hydrogen) atoms. The highest BCUT2D eigenvalue weighted by Gasteiger charge is 2.28. The van der Waals surface area contributed by atoms with E-state index in [9.17, 15) is 13.2 Å². The van der Waals surface area contributed by atoms with Crippen molar-refractivity contribution < 1.29 is 27.4 Å². The summed E-state index contributed by atoms with van der Waals surface area (Å²) in [6, 6.07) is 8.40. The summed E-state index contributed by atoms with van der Waals surface area (Å²) in [7, 11) is 3.15. The molecule has 0 unspecified atom stereocenters. The van der Waals surface area contributed by atoms with Gasteiger partial charge in [-0.15, -0.1) is 0 Å². The highest BCUT2D eigenvalue weighted by Crippen LogP contribution is 2.39. The van der Waals surface area contributed by atoms with E-state index < -0.39 is 11.6 Å². The average Bonchev–Trinajstić information content (AvgIpc) is 2.85. The first-order valence-electron chi connectivity index (χ1n) is 12.0. The minimum atomic E-state index is -0.885. The van der Waals surface area contributed by atoms with Crippen LogP contribution in [0.4, 0.5) is 13.2 Å². The van der Waals surface area contributed by atoms with Crippen LogP contribution in [0.2, 0.25) is 0 Å². The Kier molecular flexibility index (Phi) is 7.84. The minimum absolute atomic E-state index is 0.0128. The first-order valence-corrected chi connectivity index (χ1v) is 12.0. The van der Waals surface area contributed by atoms with Crippen molar-refractivity contribution >= 4 is 0 Å². The first-order chi connectivity index (χ1) is 16.0. The molecule has 0 radical (unpaired) electrons. The molecule has 0 aromatic heterocycles. The molecule has 0 aliphatic heterocycles. The lowest BCUT2D eigenvalue weighted by atomic mass is 9.79. The molecule has 0 amide bonds. The van der Waals surface area contributed by atoms with Crippen molar-refractivity contribution in [1.82, 2.24) is 0 Å². The molecule has 2 saturated carbocycles. The molecule has 3 nitrogen and oxygen atoms in total. The fourth-order valence-electron chi connectivity index (χ4n) is 5.39. The van der Waals surface area contributed by atoms with Gasteiger partial charge in [-0.05, 0) is 98.4 Å². The predicted molar refractivity (Wildman–Crippen MR) is 122 cm³/mol. The SMILES string of the molecule is COc1ccc(C2CCC(COc3ccc(C4CCC(OC)CC4)c(F)c3F)CC2)cc1F. The van der Waals surface area contributed by atoms with E-state index in [1.54, 1.807) is 31.4 Å². The molecule has 0 heterocycles. The summed E-state index contributed by atoms with van der Waals surface area (Å²) in [4.78, 5) is 0. The zero-order valence-corrected chi connectivity index (χ0v) is 19.4. The summed E-state index contributed by atoms with van der Waals surface area (Å²) in [6.07, 6.45) is 7.20. The van der Waals surface area contributed by atoms with Gasteiger partial charge >= 0.3 is 0 Å². The number of hydrogen-bond donors (Lipinski definition) is 0. The first kappa shape index (κ1) is 23.9. The van der Waals surface area contributed by atoms with E-state index in [0.717, 1.165) is 56.9 Å². The summed E-state index contributed by atoms with van der Waals surface area (Å²) < 4.78 is 59.6. The maximum atomic E-state index is 14.8. The Labute approximate surface area is 194 Å². The lowest BCUT2D eigenvalue weighted by Gasteiger charge is -2.29. The van der Waals surface area contributed by atoms with Gasteiger partial charge < -0.3 is 14.2 Å². The second-order valence-corrected chi connectivity index (χ2v) is 9.41. The van der Waals surface area contributed by atoms with E-state index in [0.29, 0.717) is 18.1 Å². The van der Waals surface area contributed by atoms with Crippen LogP contribution in [0.1, 0.15) is 74.3 Å². The Bertz CT molecular complexity index is 932. The number of halogens is 3. The molecule has 2 aliphatic carbocycles. The zero-order chi connectivity index (χ0) is 23.4. The van der Waals surface area contributed by atoms with Gasteiger partial charge in [-0.3, -0.25) is 0 Å². The molecule has 180 valence electrons. The Morgan fingerprint density at radius 1 is 0.758 bits per heavy atom. The van der Waals surface area contributed by atoms with E-state index in [4.69, 9.17) is 14.2 Å². The van der Waals surface area contributed by atoms with Crippen LogP contribution in [0.3, 0.4) is 0 Å². The quantitative estimate of drug-likeness (QED) is 0.438. The number of ether oxygens (including phenoxy) is 3. The second kappa shape index (κ2) is 10.8. The summed E-state index contributed by atoms with van der Waals surface area (Å²) in [5.74, 6) is -1.17. The van der Waals surface area contributed by atoms with Crippen LogP contribution in [-0.4, -0.2) is 26.9 Å². The molecule has 6 heteroatoms. The van der Waals surface area contributed by atoms with Gasteiger partial charge in [0.1, 0.15) is 0 Å². The van der Waals surface area contributed by atoms with Crippen LogP contribution in [-0.2, 0) is 4.74 Å². The van der Waals surface area contributed by atoms with E-state index >= 15 is 0 Å². The molecule has 0 bridgehead atoms. The smallest absolute Gasteiger partial charge is 0.200 e. The van der Waals surface area contributed by atoms with Crippen LogP contribution in [0.5, 0.6) is 11.5 Å². The maximum absolute atomic E-state index is 14.8. The minimum Gasteiger partial charge on any atom is -0.494 e. The molecule has 0 N–H and O–H groups in total. The number of benzene rings is 2. The van der Waals surface area contributed by atoms with E-state index in [2.05, 4.69) is 0 Å². The fourth-order valence-corrected chi connectivity index (χ4v) is 5.39. The van der Waals surface area contributed by atoms with Gasteiger partial charge in [-0.2, -0.15) is 4.39 Å². The van der Waals surface area contributed by atoms with Crippen molar-refractivity contribution in [2.24, 2.45) is 5.92 Å². The van der Waals surface area contributed by atoms with Crippen LogP contribution in [0.15, 0.2) is 30.3 Å². The van der Waals surface area contributed by atoms with E-state index in [1.807, 2.05) is 6.07 Å². The van der Waals surface area contributed by atoms with Crippen molar-refractivity contribution in [1.29, 1.82) is 0 Å². The van der Waals surface area contributed by atoms with Gasteiger partial charge in [-0.25, -0.2) is 8.78 Å². The van der Waals surface area contributed by atoms with Crippen molar-refractivity contribution in [3.63, 3.8) is 0 Å². The van der Waals surface area contributed by atoms with Crippen LogP contribution >= 0.6 is 0 Å². The van der Waals surface area contributed by atoms with Gasteiger partial charge in [0.15, 0.2) is 23.1 Å². The standard InChI is InChI=1S/C27H33F3O3/c1-31-21-10-7-19(8-11-21)22-12-14-25(27(30)26(22)29)33-16-17-3-5-18(6-4-17)20-9-13-24(32-2)23(28)15-20/h9,12-15,17-19,21H,3-8,10-11,16H2,1-2H3. The monoisotopic (exact) mass is 462 g/mol. The molecular weight excluding hydrogens is 429 g/mol. The highest BCUT2D eigenvalue weighted by atomic mass is 19.2. The maximum Gasteiger partial charge on any atom is 0.200 e. The molecule has 2 aliphatic rings. The molecule has 0 atom stereocenters. The summed E-state index contributed by atoms with van der Waals surface area (Å²) >= 11 is 0. The molecule has 0 spiro atoms. The lowest BCUT2D eigenvalue weighted by Crippen LogP contribution is -2.21. The van der Waals surface area contributed by atoms with Crippen LogP contribution in [0.25, 0.3) is 0 Å². The van der Waals surface area contributed by atoms with Crippen LogP contribution in [0, 0.1) is 23.4 Å². The largest absolute Gasteiger partial charge is 0.494 e. The highest BCUT2D eigenvalue weighted by molar-refractivity contribution is 5.34. The second-order valence-electron chi connectivity index (χ2n) is 9.41. The Morgan fingerprint density at radius 2 is 1.42 bits per heavy atom. The molecular formula is C27H33F3O3. The summed E-state index contributed by atoms with van der Waals surface area (Å²) in [5, 5.41) is 0. The third kappa shape index (κ3) is 5.48. The zero-order valence-electron chi connectivity index (χ0n) is 19.4. The fraction of sp³-hybridized carbons (Fsp3) is 0.556. The van der Waals surface area contributed by atoms with E-state index in [1.165, 1.54) is 7.11 Å². The average molecular weight is 463 g/mol. The number of rotatable bonds is 7. The van der Waals surface area contributed by atoms with Gasteiger partial charge in [0.2, 0.25) is 5.82 Å². The predicted octanol–water partition coefficient (Wildman–Crippen LogP) is 7.14. The van der Waals surface area contributed by atoms with Gasteiger partial charge in [0, 0.05) is 7.11 Å². The van der Waals surface area contributed by atoms with E-state index in [-0.39, 0.29) is 35.3 Å². The number of methoxy groups -OCH3 is 2. The molecule has 2 fully saturated rings. The topological polar surface area (TPSA) is 27.7 Å². The normalized spacial score (nSPS) is 25.6. The van der Waals surface area contributed by atoms with Crippen LogP contribution < -0.4 is 9.47 Å². The third-order valence-corrected chi connectivity index (χ3v) is 7.49. The molecule has 0 saturated heterocycles. The van der Waals surface area contributed by atoms with Crippen molar-refractivity contribution in [2.75, 3.05) is 20.8 Å². The molecule has 2 aromatic carbocycles. The number of hydrogen-bond acceptors (Lipinski definition) is 3. The Balaban J connectivity index is 1.30. The lowest BCUT2D eigenvalue weighted by molar-refractivity contribution is 0.0654. The van der Waals surface area contributed by atoms with Crippen molar-refractivity contribution in [2.45, 2.75) is 69.3 Å². The van der Waals surface area contributed by atoms with Gasteiger partial charge in [0.05, 0.1) is 19.8 Å². The van der Waals surface area contributed by atoms with Gasteiger partial charge in [0.25, 0.3) is 0 Å². The molecule has 4 rings (SSSR count). The Hall–Kier alpha value is -2.21. The van der Waals surface area contributed by atoms with Gasteiger partial charge in [-0.1, -0.05) is 12.1 Å².